The van der Waals surface area contributed by atoms with E-state index in [0.29, 0.717) is 37.6 Å². The molecule has 0 aliphatic carbocycles. The van der Waals surface area contributed by atoms with Crippen LogP contribution in [0.2, 0.25) is 0 Å². The normalized spacial score (nSPS) is 18.4. The third kappa shape index (κ3) is 4.89. The molecule has 2 aliphatic rings. The molecule has 0 bridgehead atoms. The predicted molar refractivity (Wildman–Crippen MR) is 130 cm³/mol. The fourth-order valence-corrected chi connectivity index (χ4v) is 5.05. The van der Waals surface area contributed by atoms with Gasteiger partial charge in [-0.15, -0.1) is 0 Å². The van der Waals surface area contributed by atoms with Crippen molar-refractivity contribution in [3.63, 3.8) is 0 Å². The summed E-state index contributed by atoms with van der Waals surface area (Å²) in [6.45, 7) is 7.28. The molecule has 7 heteroatoms. The molecular weight excluding hydrogens is 430 g/mol. The first-order valence-corrected chi connectivity index (χ1v) is 12.1. The number of likely N-dealkylation sites (tertiary alicyclic amines) is 1. The van der Waals surface area contributed by atoms with Crippen molar-refractivity contribution >= 4 is 11.9 Å². The van der Waals surface area contributed by atoms with E-state index < -0.39 is 5.54 Å². The van der Waals surface area contributed by atoms with E-state index in [1.165, 1.54) is 4.90 Å². The van der Waals surface area contributed by atoms with Gasteiger partial charge in [-0.1, -0.05) is 38.1 Å². The standard InChI is InChI=1S/C27H35N3O4/c1-20(2)10-13-30-26(33)29(19-22-7-5-9-24(17-22)34-3)25(32)27(30)11-14-28(15-12-27)18-21-6-4-8-23(31)16-21/h4-9,16-17,20,31H,10-15,18-19H2,1-3H3. The summed E-state index contributed by atoms with van der Waals surface area (Å²) in [5.41, 5.74) is 1.14. The van der Waals surface area contributed by atoms with Gasteiger partial charge >= 0.3 is 6.03 Å². The van der Waals surface area contributed by atoms with Gasteiger partial charge in [0.25, 0.3) is 5.91 Å². The first-order chi connectivity index (χ1) is 16.3. The zero-order valence-electron chi connectivity index (χ0n) is 20.4. The molecule has 34 heavy (non-hydrogen) atoms. The molecule has 3 amide bonds. The number of phenols is 1. The quantitative estimate of drug-likeness (QED) is 0.590. The SMILES string of the molecule is COc1cccc(CN2C(=O)N(CCC(C)C)C3(CCN(Cc4cccc(O)c4)CC3)C2=O)c1. The molecule has 7 nitrogen and oxygen atoms in total. The number of methoxy groups -OCH3 is 1. The number of amides is 3. The molecular formula is C27H35N3O4. The number of nitrogens with zero attached hydrogens (tertiary/aromatic N) is 3. The van der Waals surface area contributed by atoms with E-state index in [0.717, 1.165) is 30.6 Å². The highest BCUT2D eigenvalue weighted by molar-refractivity contribution is 6.07. The Balaban J connectivity index is 1.52. The fraction of sp³-hybridized carbons (Fsp3) is 0.481. The van der Waals surface area contributed by atoms with Crippen LogP contribution < -0.4 is 4.74 Å². The van der Waals surface area contributed by atoms with Crippen LogP contribution in [0, 0.1) is 5.92 Å². The first kappa shape index (κ1) is 24.1. The zero-order valence-corrected chi connectivity index (χ0v) is 20.4. The molecule has 2 saturated heterocycles. The number of carbonyl (C=O) groups excluding carboxylic acids is 2. The highest BCUT2D eigenvalue weighted by Gasteiger charge is 2.57. The summed E-state index contributed by atoms with van der Waals surface area (Å²) in [5, 5.41) is 9.77. The number of ether oxygens (including phenoxy) is 1. The average molecular weight is 466 g/mol. The molecule has 2 fully saturated rings. The Labute approximate surface area is 201 Å². The summed E-state index contributed by atoms with van der Waals surface area (Å²) < 4.78 is 5.32. The van der Waals surface area contributed by atoms with E-state index in [1.54, 1.807) is 19.2 Å². The highest BCUT2D eigenvalue weighted by Crippen LogP contribution is 2.39. The fourth-order valence-electron chi connectivity index (χ4n) is 5.05. The molecule has 1 N–H and O–H groups in total. The van der Waals surface area contributed by atoms with Crippen LogP contribution in [0.15, 0.2) is 48.5 Å². The van der Waals surface area contributed by atoms with E-state index >= 15 is 0 Å². The van der Waals surface area contributed by atoms with E-state index in [9.17, 15) is 14.7 Å². The van der Waals surface area contributed by atoms with Crippen LogP contribution in [0.25, 0.3) is 0 Å². The van der Waals surface area contributed by atoms with Crippen LogP contribution in [-0.2, 0) is 17.9 Å². The number of carbonyl (C=O) groups is 2. The maximum Gasteiger partial charge on any atom is 0.327 e. The summed E-state index contributed by atoms with van der Waals surface area (Å²) >= 11 is 0. The third-order valence-electron chi connectivity index (χ3n) is 7.03. The summed E-state index contributed by atoms with van der Waals surface area (Å²) in [7, 11) is 1.61. The van der Waals surface area contributed by atoms with Gasteiger partial charge in [0.15, 0.2) is 0 Å². The minimum Gasteiger partial charge on any atom is -0.508 e. The Morgan fingerprint density at radius 2 is 1.68 bits per heavy atom. The number of rotatable bonds is 8. The number of hydrogen-bond donors (Lipinski definition) is 1. The van der Waals surface area contributed by atoms with Crippen LogP contribution >= 0.6 is 0 Å². The van der Waals surface area contributed by atoms with Crippen LogP contribution in [0.3, 0.4) is 0 Å². The maximum atomic E-state index is 13.8. The number of urea groups is 1. The van der Waals surface area contributed by atoms with Crippen LogP contribution in [0.4, 0.5) is 4.79 Å². The van der Waals surface area contributed by atoms with Crippen molar-refractivity contribution in [2.24, 2.45) is 5.92 Å². The summed E-state index contributed by atoms with van der Waals surface area (Å²) in [5.74, 6) is 1.33. The average Bonchev–Trinajstić information content (AvgIpc) is 3.00. The predicted octanol–water partition coefficient (Wildman–Crippen LogP) is 4.25. The van der Waals surface area contributed by atoms with Gasteiger partial charge in [-0.3, -0.25) is 14.6 Å². The molecule has 0 aromatic heterocycles. The van der Waals surface area contributed by atoms with Crippen molar-refractivity contribution < 1.29 is 19.4 Å². The van der Waals surface area contributed by atoms with Crippen LogP contribution in [0.5, 0.6) is 11.5 Å². The molecule has 0 radical (unpaired) electrons. The molecule has 1 spiro atoms. The lowest BCUT2D eigenvalue weighted by molar-refractivity contribution is -0.136. The minimum atomic E-state index is -0.778. The molecule has 0 saturated carbocycles. The topological polar surface area (TPSA) is 73.3 Å². The molecule has 2 aliphatic heterocycles. The molecule has 2 aromatic carbocycles. The van der Waals surface area contributed by atoms with Crippen molar-refractivity contribution in [2.45, 2.75) is 51.7 Å². The molecule has 2 aromatic rings. The number of piperidine rings is 1. The number of aromatic hydroxyl groups is 1. The number of benzene rings is 2. The van der Waals surface area contributed by atoms with Gasteiger partial charge in [0, 0.05) is 26.2 Å². The molecule has 182 valence electrons. The molecule has 0 atom stereocenters. The van der Waals surface area contributed by atoms with Gasteiger partial charge in [0.1, 0.15) is 17.0 Å². The molecule has 4 rings (SSSR count). The lowest BCUT2D eigenvalue weighted by Gasteiger charge is -2.42. The second kappa shape index (κ2) is 10.1. The highest BCUT2D eigenvalue weighted by atomic mass is 16.5. The lowest BCUT2D eigenvalue weighted by atomic mass is 9.85. The third-order valence-corrected chi connectivity index (χ3v) is 7.03. The number of hydrogen-bond acceptors (Lipinski definition) is 5. The smallest absolute Gasteiger partial charge is 0.327 e. The van der Waals surface area contributed by atoms with Gasteiger partial charge in [0.05, 0.1) is 13.7 Å². The zero-order chi connectivity index (χ0) is 24.3. The van der Waals surface area contributed by atoms with E-state index in [1.807, 2.05) is 41.3 Å². The van der Waals surface area contributed by atoms with Crippen molar-refractivity contribution in [1.82, 2.24) is 14.7 Å². The van der Waals surface area contributed by atoms with Crippen LogP contribution in [-0.4, -0.2) is 64.0 Å². The summed E-state index contributed by atoms with van der Waals surface area (Å²) in [6.07, 6.45) is 2.09. The summed E-state index contributed by atoms with van der Waals surface area (Å²) in [6, 6.07) is 14.6. The van der Waals surface area contributed by atoms with Crippen LogP contribution in [0.1, 0.15) is 44.2 Å². The monoisotopic (exact) mass is 465 g/mol. The van der Waals surface area contributed by atoms with E-state index in [-0.39, 0.29) is 24.2 Å². The molecule has 0 unspecified atom stereocenters. The lowest BCUT2D eigenvalue weighted by Crippen LogP contribution is -2.56. The Morgan fingerprint density at radius 1 is 1.00 bits per heavy atom. The Bertz CT molecular complexity index is 1030. The first-order valence-electron chi connectivity index (χ1n) is 12.1. The summed E-state index contributed by atoms with van der Waals surface area (Å²) in [4.78, 5) is 32.9. The van der Waals surface area contributed by atoms with Gasteiger partial charge in [-0.05, 0) is 60.6 Å². The number of phenolic OH excluding ortho intramolecular Hbond substituents is 1. The maximum absolute atomic E-state index is 13.8. The Morgan fingerprint density at radius 3 is 2.32 bits per heavy atom. The Kier molecular flexibility index (Phi) is 7.12. The largest absolute Gasteiger partial charge is 0.508 e. The minimum absolute atomic E-state index is 0.0823. The second-order valence-electron chi connectivity index (χ2n) is 9.84. The van der Waals surface area contributed by atoms with E-state index in [4.69, 9.17) is 4.74 Å². The van der Waals surface area contributed by atoms with Crippen molar-refractivity contribution in [1.29, 1.82) is 0 Å². The molecule has 2 heterocycles. The Hall–Kier alpha value is -3.06. The van der Waals surface area contributed by atoms with Gasteiger partial charge in [0.2, 0.25) is 0 Å². The van der Waals surface area contributed by atoms with Gasteiger partial charge in [-0.25, -0.2) is 4.79 Å². The second-order valence-corrected chi connectivity index (χ2v) is 9.84. The van der Waals surface area contributed by atoms with Crippen molar-refractivity contribution in [3.05, 3.63) is 59.7 Å². The van der Waals surface area contributed by atoms with Crippen molar-refractivity contribution in [2.75, 3.05) is 26.7 Å². The number of imide groups is 1. The van der Waals surface area contributed by atoms with Gasteiger partial charge < -0.3 is 14.7 Å². The van der Waals surface area contributed by atoms with Gasteiger partial charge in [-0.2, -0.15) is 0 Å². The van der Waals surface area contributed by atoms with E-state index in [2.05, 4.69) is 18.7 Å². The van der Waals surface area contributed by atoms with Crippen molar-refractivity contribution in [3.8, 4) is 11.5 Å².